The molecule has 2 aromatic carbocycles. The lowest BCUT2D eigenvalue weighted by Gasteiger charge is -2.13. The molecule has 2 heterocycles. The number of pyridine rings is 2. The molecule has 1 amide bonds. The van der Waals surface area contributed by atoms with E-state index in [1.807, 2.05) is 12.1 Å². The van der Waals surface area contributed by atoms with Crippen LogP contribution in [0.1, 0.15) is 15.9 Å². The van der Waals surface area contributed by atoms with Crippen LogP contribution in [0.5, 0.6) is 11.5 Å². The SMILES string of the molecule is COc1cc(-c2cc(C(=O)O)c3ccccc3n2)ccc1OCC(=O)NCc1cccnc1. The summed E-state index contributed by atoms with van der Waals surface area (Å²) in [7, 11) is 1.49. The van der Waals surface area contributed by atoms with Gasteiger partial charge in [0.1, 0.15) is 0 Å². The Morgan fingerprint density at radius 2 is 1.88 bits per heavy atom. The summed E-state index contributed by atoms with van der Waals surface area (Å²) in [5.74, 6) is -0.525. The Balaban J connectivity index is 1.51. The molecule has 4 aromatic rings. The van der Waals surface area contributed by atoms with E-state index in [0.29, 0.717) is 40.2 Å². The van der Waals surface area contributed by atoms with Crippen LogP contribution in [-0.4, -0.2) is 40.7 Å². The van der Waals surface area contributed by atoms with Crippen LogP contribution in [0.4, 0.5) is 0 Å². The van der Waals surface area contributed by atoms with Crippen LogP contribution in [0, 0.1) is 0 Å². The summed E-state index contributed by atoms with van der Waals surface area (Å²) in [6.07, 6.45) is 3.35. The zero-order valence-electron chi connectivity index (χ0n) is 17.8. The number of amides is 1. The number of hydrogen-bond donors (Lipinski definition) is 2. The second-order valence-corrected chi connectivity index (χ2v) is 7.17. The Hall–Kier alpha value is -4.46. The first-order valence-corrected chi connectivity index (χ1v) is 10.1. The first-order valence-electron chi connectivity index (χ1n) is 10.1. The molecule has 2 aromatic heterocycles. The fourth-order valence-corrected chi connectivity index (χ4v) is 3.34. The van der Waals surface area contributed by atoms with Gasteiger partial charge < -0.3 is 19.9 Å². The number of hydrogen-bond acceptors (Lipinski definition) is 6. The molecular formula is C25H21N3O5. The third-order valence-electron chi connectivity index (χ3n) is 4.98. The highest BCUT2D eigenvalue weighted by atomic mass is 16.5. The van der Waals surface area contributed by atoms with E-state index in [0.717, 1.165) is 5.56 Å². The van der Waals surface area contributed by atoms with Crippen molar-refractivity contribution >= 4 is 22.8 Å². The minimum Gasteiger partial charge on any atom is -0.493 e. The fraction of sp³-hybridized carbons (Fsp3) is 0.120. The molecule has 2 N–H and O–H groups in total. The number of fused-ring (bicyclic) bond motifs is 1. The minimum absolute atomic E-state index is 0.167. The van der Waals surface area contributed by atoms with Crippen molar-refractivity contribution < 1.29 is 24.2 Å². The lowest BCUT2D eigenvalue weighted by Crippen LogP contribution is -2.28. The average molecular weight is 443 g/mol. The molecule has 8 heteroatoms. The van der Waals surface area contributed by atoms with Crippen LogP contribution in [0.15, 0.2) is 73.1 Å². The van der Waals surface area contributed by atoms with E-state index in [9.17, 15) is 14.7 Å². The summed E-state index contributed by atoms with van der Waals surface area (Å²) in [6.45, 7) is 0.166. The summed E-state index contributed by atoms with van der Waals surface area (Å²) in [5, 5.41) is 13.0. The molecule has 4 rings (SSSR count). The first-order chi connectivity index (χ1) is 16.0. The molecular weight excluding hydrogens is 422 g/mol. The number of aromatic carboxylic acids is 1. The maximum absolute atomic E-state index is 12.1. The predicted molar refractivity (Wildman–Crippen MR) is 122 cm³/mol. The van der Waals surface area contributed by atoms with Crippen molar-refractivity contribution in [2.24, 2.45) is 0 Å². The number of methoxy groups -OCH3 is 1. The van der Waals surface area contributed by atoms with Gasteiger partial charge in [-0.3, -0.25) is 9.78 Å². The first kappa shape index (κ1) is 21.8. The monoisotopic (exact) mass is 443 g/mol. The number of nitrogens with zero attached hydrogens (tertiary/aromatic N) is 2. The number of aromatic nitrogens is 2. The molecule has 0 radical (unpaired) electrons. The van der Waals surface area contributed by atoms with E-state index >= 15 is 0 Å². The van der Waals surface area contributed by atoms with Gasteiger partial charge in [-0.25, -0.2) is 9.78 Å². The second kappa shape index (κ2) is 9.78. The van der Waals surface area contributed by atoms with Crippen molar-refractivity contribution in [3.8, 4) is 22.8 Å². The van der Waals surface area contributed by atoms with E-state index in [4.69, 9.17) is 9.47 Å². The summed E-state index contributed by atoms with van der Waals surface area (Å²) >= 11 is 0. The zero-order chi connectivity index (χ0) is 23.2. The summed E-state index contributed by atoms with van der Waals surface area (Å²) < 4.78 is 11.1. The third kappa shape index (κ3) is 5.07. The molecule has 8 nitrogen and oxygen atoms in total. The van der Waals surface area contributed by atoms with Crippen molar-refractivity contribution in [3.05, 3.63) is 84.2 Å². The van der Waals surface area contributed by atoms with Gasteiger partial charge in [-0.05, 0) is 42.0 Å². The van der Waals surface area contributed by atoms with Crippen molar-refractivity contribution in [1.29, 1.82) is 0 Å². The fourth-order valence-electron chi connectivity index (χ4n) is 3.34. The number of carboxylic acid groups (broad SMARTS) is 1. The van der Waals surface area contributed by atoms with Gasteiger partial charge in [-0.1, -0.05) is 24.3 Å². The molecule has 0 fully saturated rings. The van der Waals surface area contributed by atoms with Crippen LogP contribution in [-0.2, 0) is 11.3 Å². The van der Waals surface area contributed by atoms with E-state index in [2.05, 4.69) is 15.3 Å². The quantitative estimate of drug-likeness (QED) is 0.427. The molecule has 0 aliphatic rings. The standard InChI is InChI=1S/C25H21N3O5/c1-32-23-11-17(21-12-19(25(30)31)18-6-2-3-7-20(18)28-21)8-9-22(23)33-15-24(29)27-14-16-5-4-10-26-13-16/h2-13H,14-15H2,1H3,(H,27,29)(H,30,31). The number of para-hydroxylation sites is 1. The van der Waals surface area contributed by atoms with Gasteiger partial charge in [0.2, 0.25) is 0 Å². The molecule has 0 bridgehead atoms. The van der Waals surface area contributed by atoms with Gasteiger partial charge in [0.25, 0.3) is 5.91 Å². The van der Waals surface area contributed by atoms with E-state index < -0.39 is 5.97 Å². The topological polar surface area (TPSA) is 111 Å². The number of carbonyl (C=O) groups is 2. The Morgan fingerprint density at radius 3 is 2.64 bits per heavy atom. The molecule has 33 heavy (non-hydrogen) atoms. The van der Waals surface area contributed by atoms with Crippen LogP contribution in [0.25, 0.3) is 22.2 Å². The molecule has 0 aliphatic heterocycles. The van der Waals surface area contributed by atoms with Gasteiger partial charge in [0.05, 0.1) is 23.9 Å². The second-order valence-electron chi connectivity index (χ2n) is 7.17. The zero-order valence-corrected chi connectivity index (χ0v) is 17.8. The number of carboxylic acids is 1. The van der Waals surface area contributed by atoms with Crippen LogP contribution >= 0.6 is 0 Å². The lowest BCUT2D eigenvalue weighted by molar-refractivity contribution is -0.123. The molecule has 0 spiro atoms. The Kier molecular flexibility index (Phi) is 6.45. The van der Waals surface area contributed by atoms with Crippen molar-refractivity contribution in [1.82, 2.24) is 15.3 Å². The molecule has 0 aliphatic carbocycles. The normalized spacial score (nSPS) is 10.6. The average Bonchev–Trinajstić information content (AvgIpc) is 2.86. The number of rotatable bonds is 8. The Labute approximate surface area is 189 Å². The minimum atomic E-state index is -1.03. The number of carbonyl (C=O) groups excluding carboxylic acids is 1. The molecule has 0 saturated carbocycles. The highest BCUT2D eigenvalue weighted by molar-refractivity contribution is 6.03. The van der Waals surface area contributed by atoms with Gasteiger partial charge >= 0.3 is 5.97 Å². The Bertz CT molecular complexity index is 1310. The van der Waals surface area contributed by atoms with Gasteiger partial charge in [0.15, 0.2) is 18.1 Å². The lowest BCUT2D eigenvalue weighted by atomic mass is 10.0. The van der Waals surface area contributed by atoms with Gasteiger partial charge in [-0.2, -0.15) is 0 Å². The molecule has 166 valence electrons. The highest BCUT2D eigenvalue weighted by Gasteiger charge is 2.15. The summed E-state index contributed by atoms with van der Waals surface area (Å²) in [5.41, 5.74) is 2.78. The Morgan fingerprint density at radius 1 is 1.03 bits per heavy atom. The van der Waals surface area contributed by atoms with Crippen molar-refractivity contribution in [2.75, 3.05) is 13.7 Å². The molecule has 0 saturated heterocycles. The summed E-state index contributed by atoms with van der Waals surface area (Å²) in [6, 6.07) is 17.4. The van der Waals surface area contributed by atoms with Crippen molar-refractivity contribution in [3.63, 3.8) is 0 Å². The maximum Gasteiger partial charge on any atom is 0.336 e. The van der Waals surface area contributed by atoms with E-state index in [1.54, 1.807) is 54.9 Å². The third-order valence-corrected chi connectivity index (χ3v) is 4.98. The predicted octanol–water partition coefficient (Wildman–Crippen LogP) is 3.70. The molecule has 0 atom stereocenters. The van der Waals surface area contributed by atoms with E-state index in [1.165, 1.54) is 13.2 Å². The van der Waals surface area contributed by atoms with Crippen molar-refractivity contribution in [2.45, 2.75) is 6.54 Å². The number of benzene rings is 2. The molecule has 0 unspecified atom stereocenters. The van der Waals surface area contributed by atoms with E-state index in [-0.39, 0.29) is 18.1 Å². The van der Waals surface area contributed by atoms with Gasteiger partial charge in [0, 0.05) is 29.9 Å². The van der Waals surface area contributed by atoms with Crippen LogP contribution < -0.4 is 14.8 Å². The smallest absolute Gasteiger partial charge is 0.336 e. The van der Waals surface area contributed by atoms with Gasteiger partial charge in [-0.15, -0.1) is 0 Å². The van der Waals surface area contributed by atoms with Crippen LogP contribution in [0.3, 0.4) is 0 Å². The summed E-state index contributed by atoms with van der Waals surface area (Å²) in [4.78, 5) is 32.5. The highest BCUT2D eigenvalue weighted by Crippen LogP contribution is 2.33. The largest absolute Gasteiger partial charge is 0.493 e. The number of ether oxygens (including phenoxy) is 2. The maximum atomic E-state index is 12.1. The number of nitrogens with one attached hydrogen (secondary N) is 1. The van der Waals surface area contributed by atoms with Crippen LogP contribution in [0.2, 0.25) is 0 Å².